The van der Waals surface area contributed by atoms with Crippen molar-refractivity contribution in [2.75, 3.05) is 0 Å². The Labute approximate surface area is 107 Å². The Morgan fingerprint density at radius 3 is 2.47 bits per heavy atom. The number of rotatable bonds is 3. The number of benzene rings is 1. The second-order valence-corrected chi connectivity index (χ2v) is 4.13. The van der Waals surface area contributed by atoms with Crippen LogP contribution in [0, 0.1) is 3.57 Å². The van der Waals surface area contributed by atoms with Crippen molar-refractivity contribution in [1.82, 2.24) is 0 Å². The summed E-state index contributed by atoms with van der Waals surface area (Å²) in [5, 5.41) is 17.8. The summed E-state index contributed by atoms with van der Waals surface area (Å²) in [6.45, 7) is 0. The van der Waals surface area contributed by atoms with Crippen LogP contribution < -0.4 is 4.74 Å². The lowest BCUT2D eigenvalue weighted by molar-refractivity contribution is -0.274. The fraction of sp³-hybridized carbons (Fsp3) is 0.222. The van der Waals surface area contributed by atoms with Gasteiger partial charge in [-0.25, -0.2) is 4.79 Å². The van der Waals surface area contributed by atoms with Crippen LogP contribution in [0.3, 0.4) is 0 Å². The smallest absolute Gasteiger partial charge is 0.479 e. The van der Waals surface area contributed by atoms with E-state index >= 15 is 0 Å². The molecule has 1 aromatic carbocycles. The second kappa shape index (κ2) is 5.08. The molecule has 0 heterocycles. The van der Waals surface area contributed by atoms with Gasteiger partial charge in [-0.2, -0.15) is 0 Å². The van der Waals surface area contributed by atoms with Crippen molar-refractivity contribution >= 4 is 28.6 Å². The highest BCUT2D eigenvalue weighted by Crippen LogP contribution is 2.28. The summed E-state index contributed by atoms with van der Waals surface area (Å²) in [5.41, 5.74) is -0.153. The molecule has 94 valence electrons. The third-order valence-corrected chi connectivity index (χ3v) is 2.71. The van der Waals surface area contributed by atoms with Gasteiger partial charge in [-0.3, -0.25) is 0 Å². The van der Waals surface area contributed by atoms with Crippen molar-refractivity contribution in [1.29, 1.82) is 0 Å². The van der Waals surface area contributed by atoms with E-state index in [9.17, 15) is 23.1 Å². The zero-order valence-electron chi connectivity index (χ0n) is 8.03. The molecular formula is C9H6F3IO4. The maximum Gasteiger partial charge on any atom is 0.573 e. The predicted octanol–water partition coefficient (Wildman–Crippen LogP) is 2.31. The number of aliphatic hydroxyl groups excluding tert-OH is 1. The zero-order valence-corrected chi connectivity index (χ0v) is 10.2. The molecule has 1 rings (SSSR count). The molecule has 0 amide bonds. The van der Waals surface area contributed by atoms with Gasteiger partial charge in [0.05, 0.1) is 0 Å². The molecule has 8 heteroatoms. The van der Waals surface area contributed by atoms with E-state index in [1.165, 1.54) is 6.07 Å². The molecule has 0 aliphatic carbocycles. The van der Waals surface area contributed by atoms with Gasteiger partial charge in [-0.1, -0.05) is 0 Å². The first-order chi connectivity index (χ1) is 7.70. The van der Waals surface area contributed by atoms with E-state index in [0.29, 0.717) is 3.57 Å². The minimum atomic E-state index is -4.86. The Kier molecular flexibility index (Phi) is 4.20. The summed E-state index contributed by atoms with van der Waals surface area (Å²) >= 11 is 1.70. The second-order valence-electron chi connectivity index (χ2n) is 2.97. The van der Waals surface area contributed by atoms with E-state index in [1.807, 2.05) is 0 Å². The van der Waals surface area contributed by atoms with Crippen LogP contribution in [0.5, 0.6) is 5.75 Å². The Morgan fingerprint density at radius 1 is 1.41 bits per heavy atom. The number of alkyl halides is 3. The fourth-order valence-corrected chi connectivity index (χ4v) is 1.69. The average Bonchev–Trinajstić information content (AvgIpc) is 2.17. The van der Waals surface area contributed by atoms with Crippen LogP contribution >= 0.6 is 22.6 Å². The minimum absolute atomic E-state index is 0.153. The van der Waals surface area contributed by atoms with Crippen LogP contribution in [0.15, 0.2) is 18.2 Å². The first kappa shape index (κ1) is 14.0. The van der Waals surface area contributed by atoms with Crippen LogP contribution in [-0.2, 0) is 4.79 Å². The van der Waals surface area contributed by atoms with Gasteiger partial charge in [0, 0.05) is 9.13 Å². The van der Waals surface area contributed by atoms with Gasteiger partial charge in [0.2, 0.25) is 0 Å². The van der Waals surface area contributed by atoms with Crippen molar-refractivity contribution in [2.45, 2.75) is 12.5 Å². The van der Waals surface area contributed by atoms with E-state index in [0.717, 1.165) is 12.1 Å². The van der Waals surface area contributed by atoms with E-state index < -0.39 is 24.2 Å². The van der Waals surface area contributed by atoms with E-state index in [-0.39, 0.29) is 5.56 Å². The molecule has 17 heavy (non-hydrogen) atoms. The van der Waals surface area contributed by atoms with Gasteiger partial charge in [0.15, 0.2) is 6.10 Å². The lowest BCUT2D eigenvalue weighted by atomic mass is 10.1. The van der Waals surface area contributed by atoms with Gasteiger partial charge in [0.25, 0.3) is 0 Å². The molecule has 0 bridgehead atoms. The molecule has 0 radical (unpaired) electrons. The number of aliphatic hydroxyl groups is 1. The Bertz CT molecular complexity index is 433. The molecule has 0 aliphatic heterocycles. The van der Waals surface area contributed by atoms with Crippen molar-refractivity contribution in [3.63, 3.8) is 0 Å². The number of carbonyl (C=O) groups is 1. The number of hydrogen-bond donors (Lipinski definition) is 2. The van der Waals surface area contributed by atoms with E-state index in [1.54, 1.807) is 22.6 Å². The fourth-order valence-electron chi connectivity index (χ4n) is 1.06. The predicted molar refractivity (Wildman–Crippen MR) is 58.4 cm³/mol. The quantitative estimate of drug-likeness (QED) is 0.810. The van der Waals surface area contributed by atoms with Crippen LogP contribution in [0.1, 0.15) is 11.7 Å². The van der Waals surface area contributed by atoms with Gasteiger partial charge in [-0.15, -0.1) is 13.2 Å². The maximum atomic E-state index is 11.9. The number of halogens is 4. The van der Waals surface area contributed by atoms with Crippen LogP contribution in [-0.4, -0.2) is 22.5 Å². The summed E-state index contributed by atoms with van der Waals surface area (Å²) in [7, 11) is 0. The largest absolute Gasteiger partial charge is 0.573 e. The van der Waals surface area contributed by atoms with Gasteiger partial charge in [0.1, 0.15) is 5.75 Å². The average molecular weight is 362 g/mol. The number of carboxylic acid groups (broad SMARTS) is 1. The number of carboxylic acids is 1. The third-order valence-electron chi connectivity index (χ3n) is 1.73. The third kappa shape index (κ3) is 4.04. The Morgan fingerprint density at radius 2 is 2.00 bits per heavy atom. The standard InChI is InChI=1S/C9H6F3IO4/c10-9(11,12)17-4-1-2-6(13)5(3-4)7(14)8(15)16/h1-3,7,14H,(H,15,16). The highest BCUT2D eigenvalue weighted by atomic mass is 127. The molecule has 0 fully saturated rings. The summed E-state index contributed by atoms with van der Waals surface area (Å²) in [6, 6.07) is 3.10. The molecule has 1 unspecified atom stereocenters. The minimum Gasteiger partial charge on any atom is -0.479 e. The number of hydrogen-bond acceptors (Lipinski definition) is 3. The molecule has 1 aromatic rings. The zero-order chi connectivity index (χ0) is 13.2. The SMILES string of the molecule is O=C(O)C(O)c1cc(OC(F)(F)F)ccc1I. The normalized spacial score (nSPS) is 13.2. The molecule has 0 saturated heterocycles. The van der Waals surface area contributed by atoms with Crippen molar-refractivity contribution in [3.05, 3.63) is 27.3 Å². The summed E-state index contributed by atoms with van der Waals surface area (Å²) < 4.78 is 39.7. The lowest BCUT2D eigenvalue weighted by Crippen LogP contribution is -2.18. The maximum absolute atomic E-state index is 11.9. The highest BCUT2D eigenvalue weighted by Gasteiger charge is 2.31. The van der Waals surface area contributed by atoms with Crippen molar-refractivity contribution < 1.29 is 32.9 Å². The molecule has 1 atom stereocenters. The van der Waals surface area contributed by atoms with Gasteiger partial charge in [-0.05, 0) is 40.8 Å². The number of aliphatic carboxylic acids is 1. The van der Waals surface area contributed by atoms with E-state index in [4.69, 9.17) is 5.11 Å². The van der Waals surface area contributed by atoms with Crippen molar-refractivity contribution in [2.24, 2.45) is 0 Å². The first-order valence-electron chi connectivity index (χ1n) is 4.17. The summed E-state index contributed by atoms with van der Waals surface area (Å²) in [6.07, 6.45) is -6.75. The van der Waals surface area contributed by atoms with Crippen molar-refractivity contribution in [3.8, 4) is 5.75 Å². The molecule has 4 nitrogen and oxygen atoms in total. The molecule has 0 aromatic heterocycles. The summed E-state index contributed by atoms with van der Waals surface area (Å²) in [5.74, 6) is -2.12. The molecule has 0 saturated carbocycles. The monoisotopic (exact) mass is 362 g/mol. The Hall–Kier alpha value is -1.03. The van der Waals surface area contributed by atoms with Crippen LogP contribution in [0.25, 0.3) is 0 Å². The van der Waals surface area contributed by atoms with Gasteiger partial charge < -0.3 is 14.9 Å². The van der Waals surface area contributed by atoms with Crippen LogP contribution in [0.2, 0.25) is 0 Å². The Balaban J connectivity index is 3.06. The first-order valence-corrected chi connectivity index (χ1v) is 5.24. The highest BCUT2D eigenvalue weighted by molar-refractivity contribution is 14.1. The van der Waals surface area contributed by atoms with Crippen LogP contribution in [0.4, 0.5) is 13.2 Å². The topological polar surface area (TPSA) is 66.8 Å². The summed E-state index contributed by atoms with van der Waals surface area (Å²) in [4.78, 5) is 10.5. The van der Waals surface area contributed by atoms with Gasteiger partial charge >= 0.3 is 12.3 Å². The molecular weight excluding hydrogens is 356 g/mol. The van der Waals surface area contributed by atoms with E-state index in [2.05, 4.69) is 4.74 Å². The number of ether oxygens (including phenoxy) is 1. The molecule has 2 N–H and O–H groups in total. The molecule has 0 aliphatic rings. The molecule has 0 spiro atoms. The lowest BCUT2D eigenvalue weighted by Gasteiger charge is -2.13.